The van der Waals surface area contributed by atoms with E-state index in [4.69, 9.17) is 20.5 Å². The van der Waals surface area contributed by atoms with E-state index in [1.54, 1.807) is 31.3 Å². The third kappa shape index (κ3) is 4.68. The van der Waals surface area contributed by atoms with Gasteiger partial charge in [-0.3, -0.25) is 9.32 Å². The molecule has 12 heteroatoms. The van der Waals surface area contributed by atoms with Crippen molar-refractivity contribution in [3.63, 3.8) is 0 Å². The predicted octanol–water partition coefficient (Wildman–Crippen LogP) is 2.45. The molecule has 0 spiro atoms. The molecule has 1 aliphatic rings. The average molecular weight is 494 g/mol. The van der Waals surface area contributed by atoms with Crippen molar-refractivity contribution in [3.8, 4) is 22.8 Å². The summed E-state index contributed by atoms with van der Waals surface area (Å²) in [6.07, 6.45) is -1.02. The minimum absolute atomic E-state index is 0.0874. The van der Waals surface area contributed by atoms with E-state index in [-0.39, 0.29) is 40.4 Å². The van der Waals surface area contributed by atoms with Crippen molar-refractivity contribution in [1.29, 1.82) is 0 Å². The molecule has 0 radical (unpaired) electrons. The molecule has 0 amide bonds. The summed E-state index contributed by atoms with van der Waals surface area (Å²) in [5, 5.41) is 21.4. The SMILES string of the molecule is B[C@@H]1CN(C)C[C@@H](OP(=O)(O)O)C1c1c(O)cc(O)c2c(=O)cc(-c3ccccc3Cl)oc12. The van der Waals surface area contributed by atoms with Crippen molar-refractivity contribution in [2.24, 2.45) is 0 Å². The Morgan fingerprint density at radius 3 is 2.55 bits per heavy atom. The van der Waals surface area contributed by atoms with Gasteiger partial charge in [-0.15, -0.1) is 0 Å². The standard InChI is InChI=1S/C21H22BClNO8P/c1-24-8-11(22)18(17(9-24)32-33(28,29)30)20-14(26)6-13(25)19-15(27)7-16(31-21(19)20)10-4-2-3-5-12(10)23/h2-7,11,17-18,25-26H,8-9,22H2,1H3,(H2,28,29,30)/t11-,17-,18?/m1/s1. The number of phenolic OH excluding ortho intramolecular Hbond substituents is 2. The molecule has 1 unspecified atom stereocenters. The number of likely N-dealkylation sites (tertiary alicyclic amines) is 1. The van der Waals surface area contributed by atoms with Gasteiger partial charge in [-0.25, -0.2) is 4.57 Å². The fraction of sp³-hybridized carbons (Fsp3) is 0.286. The highest BCUT2D eigenvalue weighted by Crippen LogP contribution is 2.50. The number of likely N-dealkylation sites (N-methyl/N-ethyl adjacent to an activating group) is 1. The van der Waals surface area contributed by atoms with E-state index >= 15 is 0 Å². The maximum absolute atomic E-state index is 13.0. The van der Waals surface area contributed by atoms with Gasteiger partial charge in [0.25, 0.3) is 0 Å². The topological polar surface area (TPSA) is 141 Å². The van der Waals surface area contributed by atoms with Crippen LogP contribution in [0.4, 0.5) is 0 Å². The van der Waals surface area contributed by atoms with Crippen LogP contribution < -0.4 is 5.43 Å². The van der Waals surface area contributed by atoms with E-state index in [2.05, 4.69) is 0 Å². The van der Waals surface area contributed by atoms with Crippen LogP contribution in [0.5, 0.6) is 11.5 Å². The summed E-state index contributed by atoms with van der Waals surface area (Å²) in [5.74, 6) is -1.73. The van der Waals surface area contributed by atoms with Gasteiger partial charge in [-0.05, 0) is 31.5 Å². The first-order chi connectivity index (χ1) is 15.5. The van der Waals surface area contributed by atoms with E-state index in [1.807, 2.05) is 12.7 Å². The highest BCUT2D eigenvalue weighted by atomic mass is 35.5. The molecule has 1 aromatic heterocycles. The minimum Gasteiger partial charge on any atom is -0.507 e. The lowest BCUT2D eigenvalue weighted by Gasteiger charge is -2.41. The predicted molar refractivity (Wildman–Crippen MR) is 126 cm³/mol. The minimum atomic E-state index is -4.87. The number of rotatable bonds is 4. The fourth-order valence-corrected chi connectivity index (χ4v) is 5.43. The summed E-state index contributed by atoms with van der Waals surface area (Å²) in [6.45, 7) is 0.693. The maximum atomic E-state index is 13.0. The van der Waals surface area contributed by atoms with Crippen LogP contribution in [0.25, 0.3) is 22.3 Å². The van der Waals surface area contributed by atoms with Crippen molar-refractivity contribution in [2.45, 2.75) is 17.8 Å². The fourth-order valence-electron chi connectivity index (χ4n) is 4.65. The van der Waals surface area contributed by atoms with Crippen LogP contribution in [0.1, 0.15) is 11.5 Å². The largest absolute Gasteiger partial charge is 0.507 e. The van der Waals surface area contributed by atoms with Gasteiger partial charge in [0.2, 0.25) is 0 Å². The molecular formula is C21H22BClNO8P. The maximum Gasteiger partial charge on any atom is 0.469 e. The summed E-state index contributed by atoms with van der Waals surface area (Å²) in [4.78, 5) is 33.8. The number of phenols is 2. The molecule has 174 valence electrons. The third-order valence-electron chi connectivity index (χ3n) is 5.85. The molecule has 4 N–H and O–H groups in total. The number of fused-ring (bicyclic) bond motifs is 1. The zero-order valence-electron chi connectivity index (χ0n) is 17.8. The Morgan fingerprint density at radius 1 is 1.18 bits per heavy atom. The molecule has 0 aliphatic carbocycles. The summed E-state index contributed by atoms with van der Waals surface area (Å²) in [7, 11) is -1.25. The molecule has 0 saturated carbocycles. The van der Waals surface area contributed by atoms with E-state index < -0.39 is 31.0 Å². The Labute approximate surface area is 194 Å². The van der Waals surface area contributed by atoms with Gasteiger partial charge in [0, 0.05) is 35.7 Å². The molecule has 0 bridgehead atoms. The quantitative estimate of drug-likeness (QED) is 0.318. The van der Waals surface area contributed by atoms with Gasteiger partial charge in [-0.1, -0.05) is 23.7 Å². The molecule has 33 heavy (non-hydrogen) atoms. The van der Waals surface area contributed by atoms with Crippen molar-refractivity contribution < 1.29 is 33.5 Å². The lowest BCUT2D eigenvalue weighted by atomic mass is 9.68. The van der Waals surface area contributed by atoms with E-state index in [0.717, 1.165) is 6.07 Å². The number of aromatic hydroxyl groups is 2. The molecule has 1 saturated heterocycles. The van der Waals surface area contributed by atoms with Crippen LogP contribution in [0.2, 0.25) is 10.8 Å². The molecule has 3 aromatic rings. The molecule has 9 nitrogen and oxygen atoms in total. The highest BCUT2D eigenvalue weighted by molar-refractivity contribution is 7.46. The number of halogens is 1. The Bertz CT molecular complexity index is 1330. The normalized spacial score (nSPS) is 22.0. The summed E-state index contributed by atoms with van der Waals surface area (Å²) in [6, 6.07) is 8.96. The van der Waals surface area contributed by atoms with Crippen molar-refractivity contribution in [1.82, 2.24) is 4.90 Å². The number of hydrogen-bond acceptors (Lipinski definition) is 7. The monoisotopic (exact) mass is 493 g/mol. The van der Waals surface area contributed by atoms with Crippen molar-refractivity contribution >= 4 is 38.2 Å². The Kier molecular flexibility index (Phi) is 6.35. The average Bonchev–Trinajstić information content (AvgIpc) is 2.68. The first-order valence-electron chi connectivity index (χ1n) is 10.2. The molecule has 3 atom stereocenters. The summed E-state index contributed by atoms with van der Waals surface area (Å²) >= 11 is 6.28. The van der Waals surface area contributed by atoms with Crippen molar-refractivity contribution in [2.75, 3.05) is 20.1 Å². The van der Waals surface area contributed by atoms with Gasteiger partial charge in [0.05, 0.1) is 11.1 Å². The van der Waals surface area contributed by atoms with E-state index in [0.29, 0.717) is 17.1 Å². The van der Waals surface area contributed by atoms with Gasteiger partial charge in [-0.2, -0.15) is 0 Å². The molecule has 1 fully saturated rings. The third-order valence-corrected chi connectivity index (χ3v) is 6.72. The molecule has 2 heterocycles. The second kappa shape index (κ2) is 8.79. The number of piperidine rings is 1. The number of hydrogen-bond donors (Lipinski definition) is 4. The number of phosphoric acid groups is 1. The molecule has 1 aliphatic heterocycles. The van der Waals surface area contributed by atoms with Crippen LogP contribution in [0, 0.1) is 0 Å². The summed E-state index contributed by atoms with van der Waals surface area (Å²) in [5.41, 5.74) is -0.0761. The lowest BCUT2D eigenvalue weighted by Crippen LogP contribution is -2.45. The van der Waals surface area contributed by atoms with Crippen molar-refractivity contribution in [3.05, 3.63) is 57.2 Å². The molecule has 2 aromatic carbocycles. The van der Waals surface area contributed by atoms with Crippen LogP contribution in [-0.2, 0) is 9.09 Å². The van der Waals surface area contributed by atoms with E-state index in [1.165, 1.54) is 6.07 Å². The first-order valence-corrected chi connectivity index (χ1v) is 12.1. The van der Waals surface area contributed by atoms with Crippen LogP contribution in [0.15, 0.2) is 45.6 Å². The van der Waals surface area contributed by atoms with Gasteiger partial charge >= 0.3 is 7.82 Å². The van der Waals surface area contributed by atoms with Crippen LogP contribution >= 0.6 is 19.4 Å². The number of phosphoric ester groups is 1. The Hall–Kier alpha value is -2.33. The van der Waals surface area contributed by atoms with Crippen LogP contribution in [0.3, 0.4) is 0 Å². The second-order valence-corrected chi connectivity index (χ2v) is 9.95. The number of nitrogens with zero attached hydrogens (tertiary/aromatic N) is 1. The zero-order valence-corrected chi connectivity index (χ0v) is 19.5. The van der Waals surface area contributed by atoms with Gasteiger partial charge in [0.15, 0.2) is 5.43 Å². The highest BCUT2D eigenvalue weighted by Gasteiger charge is 2.41. The van der Waals surface area contributed by atoms with Gasteiger partial charge < -0.3 is 29.3 Å². The number of benzene rings is 2. The molecule has 4 rings (SSSR count). The van der Waals surface area contributed by atoms with E-state index in [9.17, 15) is 29.4 Å². The summed E-state index contributed by atoms with van der Waals surface area (Å²) < 4.78 is 22.8. The Morgan fingerprint density at radius 2 is 1.88 bits per heavy atom. The van der Waals surface area contributed by atoms with Gasteiger partial charge in [0.1, 0.15) is 36.1 Å². The molecular weight excluding hydrogens is 471 g/mol. The first kappa shape index (κ1) is 23.8. The smallest absolute Gasteiger partial charge is 0.469 e. The zero-order chi connectivity index (χ0) is 24.1. The lowest BCUT2D eigenvalue weighted by molar-refractivity contribution is 0.0550. The van der Waals surface area contributed by atoms with Crippen LogP contribution in [-0.4, -0.2) is 59.0 Å². The second-order valence-electron chi connectivity index (χ2n) is 8.35. The Balaban J connectivity index is 2.01.